The first-order chi connectivity index (χ1) is 19.1. The van der Waals surface area contributed by atoms with E-state index in [4.69, 9.17) is 23.2 Å². The van der Waals surface area contributed by atoms with Crippen LogP contribution in [0.15, 0.2) is 72.8 Å². The molecule has 3 rings (SSSR count). The number of rotatable bonds is 6. The Bertz CT molecular complexity index is 1180. The Morgan fingerprint density at radius 2 is 0.881 bits per heavy atom. The van der Waals surface area contributed by atoms with Gasteiger partial charge in [-0.15, -0.1) is 0 Å². The van der Waals surface area contributed by atoms with E-state index in [0.717, 1.165) is 40.9 Å². The highest BCUT2D eigenvalue weighted by molar-refractivity contribution is 6.30. The van der Waals surface area contributed by atoms with Crippen LogP contribution in [-0.4, -0.2) is 0 Å². The minimum atomic E-state index is -4.24. The SMILES string of the molecule is CC(C)(C)CCc1ccc(Cl)cc1.CC(C)(C)CCc1cccc(C(F)(F)F)c1.CC(C)(C)CCc1cccc(Cl)c1. The molecule has 0 aliphatic rings. The van der Waals surface area contributed by atoms with Crippen molar-refractivity contribution < 1.29 is 13.2 Å². The predicted molar refractivity (Wildman–Crippen MR) is 178 cm³/mol. The summed E-state index contributed by atoms with van der Waals surface area (Å²) in [5, 5.41) is 1.66. The Morgan fingerprint density at radius 1 is 0.476 bits per heavy atom. The maximum atomic E-state index is 12.4. The molecule has 0 bridgehead atoms. The Morgan fingerprint density at radius 3 is 1.29 bits per heavy atom. The molecule has 0 aromatic heterocycles. The first-order valence-electron chi connectivity index (χ1n) is 14.8. The maximum Gasteiger partial charge on any atom is 0.416 e. The van der Waals surface area contributed by atoms with Crippen LogP contribution in [0.3, 0.4) is 0 Å². The molecule has 0 radical (unpaired) electrons. The monoisotopic (exact) mass is 622 g/mol. The van der Waals surface area contributed by atoms with Crippen LogP contribution < -0.4 is 0 Å². The van der Waals surface area contributed by atoms with Gasteiger partial charge in [-0.3, -0.25) is 0 Å². The topological polar surface area (TPSA) is 0 Å². The second-order valence-corrected chi connectivity index (χ2v) is 15.5. The van der Waals surface area contributed by atoms with Crippen LogP contribution in [0.2, 0.25) is 10.0 Å². The van der Waals surface area contributed by atoms with Gasteiger partial charge in [-0.25, -0.2) is 0 Å². The minimum Gasteiger partial charge on any atom is -0.166 e. The van der Waals surface area contributed by atoms with Crippen molar-refractivity contribution in [3.8, 4) is 0 Å². The van der Waals surface area contributed by atoms with Crippen LogP contribution in [0, 0.1) is 16.2 Å². The zero-order chi connectivity index (χ0) is 32.2. The fourth-order valence-corrected chi connectivity index (χ4v) is 4.14. The Balaban J connectivity index is 0.000000318. The molecule has 42 heavy (non-hydrogen) atoms. The third-order valence-electron chi connectivity index (χ3n) is 6.55. The lowest BCUT2D eigenvalue weighted by molar-refractivity contribution is -0.137. The van der Waals surface area contributed by atoms with E-state index in [9.17, 15) is 13.2 Å². The standard InChI is InChI=1S/C13H17F3.2C12H17Cl/c1-12(2,3)8-7-10-5-4-6-11(9-10)13(14,15)16;1-12(2,3)9-8-10-4-6-11(13)7-5-10;1-12(2,3)8-7-10-5-4-6-11(13)9-10/h4-6,9H,7-8H2,1-3H3;4-7H,8-9H2,1-3H3;4-6,9H,7-8H2,1-3H3. The average molecular weight is 624 g/mol. The highest BCUT2D eigenvalue weighted by Gasteiger charge is 2.30. The summed E-state index contributed by atoms with van der Waals surface area (Å²) >= 11 is 11.7. The smallest absolute Gasteiger partial charge is 0.166 e. The van der Waals surface area contributed by atoms with Crippen molar-refractivity contribution in [1.82, 2.24) is 0 Å². The van der Waals surface area contributed by atoms with Crippen LogP contribution in [-0.2, 0) is 25.4 Å². The molecule has 234 valence electrons. The summed E-state index contributed by atoms with van der Waals surface area (Å²) in [6, 6.07) is 21.8. The summed E-state index contributed by atoms with van der Waals surface area (Å²) in [5.41, 5.74) is 3.88. The highest BCUT2D eigenvalue weighted by atomic mass is 35.5. The molecule has 0 amide bonds. The molecule has 0 saturated heterocycles. The molecular weight excluding hydrogens is 572 g/mol. The molecule has 0 fully saturated rings. The number of halogens is 5. The molecule has 0 saturated carbocycles. The Labute approximate surface area is 264 Å². The number of hydrogen-bond donors (Lipinski definition) is 0. The van der Waals surface area contributed by atoms with Crippen molar-refractivity contribution in [2.75, 3.05) is 0 Å². The molecule has 5 heteroatoms. The molecule has 0 unspecified atom stereocenters. The van der Waals surface area contributed by atoms with Gasteiger partial charge in [-0.1, -0.05) is 128 Å². The van der Waals surface area contributed by atoms with E-state index in [-0.39, 0.29) is 5.41 Å². The number of alkyl halides is 3. The van der Waals surface area contributed by atoms with Gasteiger partial charge >= 0.3 is 6.18 Å². The molecular formula is C37H51Cl2F3. The van der Waals surface area contributed by atoms with Crippen molar-refractivity contribution in [3.05, 3.63) is 105 Å². The van der Waals surface area contributed by atoms with Gasteiger partial charge in [-0.05, 0) is 102 Å². The van der Waals surface area contributed by atoms with Gasteiger partial charge in [0.2, 0.25) is 0 Å². The summed E-state index contributed by atoms with van der Waals surface area (Å²) in [6.07, 6.45) is 2.01. The van der Waals surface area contributed by atoms with Gasteiger partial charge in [0.05, 0.1) is 5.56 Å². The molecule has 0 atom stereocenters. The highest BCUT2D eigenvalue weighted by Crippen LogP contribution is 2.30. The third kappa shape index (κ3) is 19.3. The van der Waals surface area contributed by atoms with Gasteiger partial charge in [-0.2, -0.15) is 13.2 Å². The lowest BCUT2D eigenvalue weighted by Crippen LogP contribution is -2.08. The zero-order valence-corrected chi connectivity index (χ0v) is 28.6. The molecule has 0 aliphatic carbocycles. The summed E-state index contributed by atoms with van der Waals surface area (Å²) in [6.45, 7) is 19.8. The van der Waals surface area contributed by atoms with E-state index in [1.807, 2.05) is 30.3 Å². The summed E-state index contributed by atoms with van der Waals surface area (Å²) in [7, 11) is 0. The fraction of sp³-hybridized carbons (Fsp3) is 0.514. The van der Waals surface area contributed by atoms with Crippen molar-refractivity contribution in [2.24, 2.45) is 16.2 Å². The number of benzene rings is 3. The van der Waals surface area contributed by atoms with E-state index in [2.05, 4.69) is 80.5 Å². The van der Waals surface area contributed by atoms with Crippen molar-refractivity contribution >= 4 is 23.2 Å². The lowest BCUT2D eigenvalue weighted by atomic mass is 9.88. The van der Waals surface area contributed by atoms with Crippen molar-refractivity contribution in [3.63, 3.8) is 0 Å². The lowest BCUT2D eigenvalue weighted by Gasteiger charge is -2.18. The first kappa shape index (κ1) is 38.1. The van der Waals surface area contributed by atoms with Crippen molar-refractivity contribution in [2.45, 2.75) is 107 Å². The van der Waals surface area contributed by atoms with E-state index in [0.29, 0.717) is 17.3 Å². The molecule has 0 spiro atoms. The molecule has 0 N–H and O–H groups in total. The van der Waals surface area contributed by atoms with E-state index in [1.54, 1.807) is 6.07 Å². The fourth-order valence-electron chi connectivity index (χ4n) is 3.80. The first-order valence-corrected chi connectivity index (χ1v) is 15.5. The van der Waals surface area contributed by atoms with Crippen molar-refractivity contribution in [1.29, 1.82) is 0 Å². The van der Waals surface area contributed by atoms with Crippen LogP contribution in [0.1, 0.15) is 104 Å². The average Bonchev–Trinajstić information content (AvgIpc) is 2.85. The summed E-state index contributed by atoms with van der Waals surface area (Å²) in [4.78, 5) is 0. The quantitative estimate of drug-likeness (QED) is 0.256. The molecule has 0 nitrogen and oxygen atoms in total. The van der Waals surface area contributed by atoms with Gasteiger partial charge in [0.15, 0.2) is 0 Å². The summed E-state index contributed by atoms with van der Waals surface area (Å²) in [5.74, 6) is 0. The van der Waals surface area contributed by atoms with Gasteiger partial charge < -0.3 is 0 Å². The second-order valence-electron chi connectivity index (χ2n) is 14.6. The Kier molecular flexibility index (Phi) is 15.2. The molecule has 3 aromatic carbocycles. The van der Waals surface area contributed by atoms with E-state index >= 15 is 0 Å². The van der Waals surface area contributed by atoms with E-state index < -0.39 is 11.7 Å². The number of hydrogen-bond acceptors (Lipinski definition) is 0. The largest absolute Gasteiger partial charge is 0.416 e. The third-order valence-corrected chi connectivity index (χ3v) is 7.03. The van der Waals surface area contributed by atoms with Gasteiger partial charge in [0.1, 0.15) is 0 Å². The normalized spacial score (nSPS) is 12.1. The molecule has 0 aliphatic heterocycles. The minimum absolute atomic E-state index is 0.147. The van der Waals surface area contributed by atoms with Crippen LogP contribution >= 0.6 is 23.2 Å². The van der Waals surface area contributed by atoms with Crippen LogP contribution in [0.5, 0.6) is 0 Å². The second kappa shape index (κ2) is 16.8. The Hall–Kier alpha value is -1.97. The predicted octanol–water partition coefficient (Wildman–Crippen LogP) is 13.3. The molecule has 3 aromatic rings. The van der Waals surface area contributed by atoms with Crippen LogP contribution in [0.25, 0.3) is 0 Å². The number of aryl methyl sites for hydroxylation is 3. The zero-order valence-electron chi connectivity index (χ0n) is 27.1. The van der Waals surface area contributed by atoms with Crippen LogP contribution in [0.4, 0.5) is 13.2 Å². The molecule has 0 heterocycles. The van der Waals surface area contributed by atoms with Gasteiger partial charge in [0.25, 0.3) is 0 Å². The summed E-state index contributed by atoms with van der Waals surface area (Å²) < 4.78 is 37.3. The van der Waals surface area contributed by atoms with E-state index in [1.165, 1.54) is 36.1 Å². The van der Waals surface area contributed by atoms with Gasteiger partial charge in [0, 0.05) is 10.0 Å². The maximum absolute atomic E-state index is 12.4.